The Morgan fingerprint density at radius 3 is 2.32 bits per heavy atom. The monoisotopic (exact) mass is 338 g/mol. The van der Waals surface area contributed by atoms with E-state index >= 15 is 0 Å². The van der Waals surface area contributed by atoms with E-state index < -0.39 is 0 Å². The first-order valence-corrected chi connectivity index (χ1v) is 8.54. The van der Waals surface area contributed by atoms with Crippen LogP contribution in [0.5, 0.6) is 0 Å². The molecule has 0 aliphatic rings. The molecule has 4 heteroatoms. The van der Waals surface area contributed by atoms with Gasteiger partial charge in [0, 0.05) is 17.7 Å². The zero-order chi connectivity index (χ0) is 18.4. The van der Waals surface area contributed by atoms with Gasteiger partial charge in [-0.25, -0.2) is 0 Å². The number of carbonyl (C=O) groups is 2. The number of hydrogen-bond acceptors (Lipinski definition) is 3. The normalized spacial score (nSPS) is 10.8. The van der Waals surface area contributed by atoms with Crippen molar-refractivity contribution in [3.8, 4) is 0 Å². The van der Waals surface area contributed by atoms with Crippen molar-refractivity contribution in [2.24, 2.45) is 0 Å². The molecule has 0 aliphatic heterocycles. The number of benzene rings is 2. The van der Waals surface area contributed by atoms with Crippen LogP contribution in [0.15, 0.2) is 42.5 Å². The molecular weight excluding hydrogens is 312 g/mol. The van der Waals surface area contributed by atoms with Gasteiger partial charge in [-0.1, -0.05) is 35.9 Å². The fraction of sp³-hybridized carbons (Fsp3) is 0.333. The van der Waals surface area contributed by atoms with Gasteiger partial charge in [0.1, 0.15) is 0 Å². The van der Waals surface area contributed by atoms with Crippen LogP contribution in [0, 0.1) is 13.8 Å². The number of aryl methyl sites for hydroxylation is 2. The maximum absolute atomic E-state index is 13.0. The van der Waals surface area contributed by atoms with E-state index in [1.54, 1.807) is 24.3 Å². The first kappa shape index (κ1) is 18.9. The van der Waals surface area contributed by atoms with Gasteiger partial charge < -0.3 is 10.2 Å². The highest BCUT2D eigenvalue weighted by Crippen LogP contribution is 2.19. The Morgan fingerprint density at radius 1 is 0.960 bits per heavy atom. The van der Waals surface area contributed by atoms with E-state index in [1.165, 1.54) is 0 Å². The Balaban J connectivity index is 2.21. The van der Waals surface area contributed by atoms with Gasteiger partial charge in [-0.3, -0.25) is 9.59 Å². The van der Waals surface area contributed by atoms with Crippen LogP contribution in [0.4, 0.5) is 0 Å². The van der Waals surface area contributed by atoms with Gasteiger partial charge in [-0.15, -0.1) is 0 Å². The Bertz CT molecular complexity index is 766. The standard InChI is InChI=1S/C21H26N2O2/c1-15-10-11-16(2)19(14-15)20(24)17-8-5-6-9-18(17)21(25)22-12-7-13-23(3)4/h5-6,8-11,14H,7,12-13H2,1-4H3,(H,22,25). The number of nitrogens with zero attached hydrogens (tertiary/aromatic N) is 1. The van der Waals surface area contributed by atoms with Crippen molar-refractivity contribution in [3.63, 3.8) is 0 Å². The molecule has 132 valence electrons. The predicted molar refractivity (Wildman–Crippen MR) is 101 cm³/mol. The molecule has 1 N–H and O–H groups in total. The van der Waals surface area contributed by atoms with E-state index in [4.69, 9.17) is 0 Å². The second-order valence-corrected chi connectivity index (χ2v) is 6.61. The molecule has 0 heterocycles. The van der Waals surface area contributed by atoms with E-state index in [9.17, 15) is 9.59 Å². The van der Waals surface area contributed by atoms with Crippen LogP contribution in [0.3, 0.4) is 0 Å². The number of nitrogens with one attached hydrogen (secondary N) is 1. The number of rotatable bonds is 7. The average molecular weight is 338 g/mol. The molecule has 0 saturated heterocycles. The molecule has 0 aromatic heterocycles. The number of ketones is 1. The highest BCUT2D eigenvalue weighted by molar-refractivity contribution is 6.15. The van der Waals surface area contributed by atoms with E-state index in [0.717, 1.165) is 24.1 Å². The van der Waals surface area contributed by atoms with E-state index in [1.807, 2.05) is 46.1 Å². The summed E-state index contributed by atoms with van der Waals surface area (Å²) < 4.78 is 0. The Labute approximate surface area is 149 Å². The minimum Gasteiger partial charge on any atom is -0.352 e. The van der Waals surface area contributed by atoms with Gasteiger partial charge in [0.2, 0.25) is 0 Å². The van der Waals surface area contributed by atoms with Crippen LogP contribution >= 0.6 is 0 Å². The third-order valence-corrected chi connectivity index (χ3v) is 4.12. The quantitative estimate of drug-likeness (QED) is 0.623. The lowest BCUT2D eigenvalue weighted by Crippen LogP contribution is -2.28. The molecule has 0 bridgehead atoms. The van der Waals surface area contributed by atoms with E-state index in [-0.39, 0.29) is 11.7 Å². The molecule has 0 aliphatic carbocycles. The molecule has 2 rings (SSSR count). The van der Waals surface area contributed by atoms with Crippen molar-refractivity contribution >= 4 is 11.7 Å². The van der Waals surface area contributed by atoms with Gasteiger partial charge in [0.25, 0.3) is 5.91 Å². The second-order valence-electron chi connectivity index (χ2n) is 6.61. The smallest absolute Gasteiger partial charge is 0.252 e. The fourth-order valence-corrected chi connectivity index (χ4v) is 2.70. The van der Waals surface area contributed by atoms with Crippen LogP contribution in [0.25, 0.3) is 0 Å². The lowest BCUT2D eigenvalue weighted by molar-refractivity contribution is 0.0941. The van der Waals surface area contributed by atoms with Crippen molar-refractivity contribution in [3.05, 3.63) is 70.3 Å². The minimum absolute atomic E-state index is 0.111. The molecule has 0 fully saturated rings. The van der Waals surface area contributed by atoms with E-state index in [2.05, 4.69) is 10.2 Å². The summed E-state index contributed by atoms with van der Waals surface area (Å²) in [6, 6.07) is 12.8. The van der Waals surface area contributed by atoms with Gasteiger partial charge in [0.05, 0.1) is 5.56 Å². The van der Waals surface area contributed by atoms with E-state index in [0.29, 0.717) is 23.2 Å². The SMILES string of the molecule is Cc1ccc(C)c(C(=O)c2ccccc2C(=O)NCCCN(C)C)c1. The maximum Gasteiger partial charge on any atom is 0.252 e. The zero-order valence-corrected chi connectivity index (χ0v) is 15.4. The van der Waals surface area contributed by atoms with Gasteiger partial charge in [0.15, 0.2) is 5.78 Å². The molecule has 0 radical (unpaired) electrons. The largest absolute Gasteiger partial charge is 0.352 e. The predicted octanol–water partition coefficient (Wildman–Crippen LogP) is 3.22. The summed E-state index contributed by atoms with van der Waals surface area (Å²) in [4.78, 5) is 27.6. The van der Waals surface area contributed by atoms with Gasteiger partial charge in [-0.2, -0.15) is 0 Å². The first-order valence-electron chi connectivity index (χ1n) is 8.54. The second kappa shape index (κ2) is 8.58. The summed E-state index contributed by atoms with van der Waals surface area (Å²) >= 11 is 0. The number of hydrogen-bond donors (Lipinski definition) is 1. The molecule has 0 saturated carbocycles. The molecule has 1 amide bonds. The van der Waals surface area contributed by atoms with Crippen molar-refractivity contribution in [1.29, 1.82) is 0 Å². The minimum atomic E-state index is -0.201. The lowest BCUT2D eigenvalue weighted by atomic mass is 9.94. The summed E-state index contributed by atoms with van der Waals surface area (Å²) in [5.41, 5.74) is 3.46. The molecule has 25 heavy (non-hydrogen) atoms. The Hall–Kier alpha value is -2.46. The molecule has 4 nitrogen and oxygen atoms in total. The molecule has 0 unspecified atom stereocenters. The number of carbonyl (C=O) groups excluding carboxylic acids is 2. The fourth-order valence-electron chi connectivity index (χ4n) is 2.70. The van der Waals surface area contributed by atoms with Crippen molar-refractivity contribution in [2.75, 3.05) is 27.2 Å². The van der Waals surface area contributed by atoms with Gasteiger partial charge >= 0.3 is 0 Å². The number of amides is 1. The summed E-state index contributed by atoms with van der Waals surface area (Å²) in [5, 5.41) is 2.91. The van der Waals surface area contributed by atoms with Crippen molar-refractivity contribution in [2.45, 2.75) is 20.3 Å². The third kappa shape index (κ3) is 5.00. The van der Waals surface area contributed by atoms with Crippen molar-refractivity contribution < 1.29 is 9.59 Å². The molecule has 0 atom stereocenters. The van der Waals surface area contributed by atoms with Gasteiger partial charge in [-0.05, 0) is 58.6 Å². The zero-order valence-electron chi connectivity index (χ0n) is 15.4. The van der Waals surface area contributed by atoms with Crippen LogP contribution in [0.2, 0.25) is 0 Å². The lowest BCUT2D eigenvalue weighted by Gasteiger charge is -2.12. The maximum atomic E-state index is 13.0. The van der Waals surface area contributed by atoms with Crippen LogP contribution in [-0.2, 0) is 0 Å². The average Bonchev–Trinajstić information content (AvgIpc) is 2.60. The van der Waals surface area contributed by atoms with Crippen molar-refractivity contribution in [1.82, 2.24) is 10.2 Å². The summed E-state index contributed by atoms with van der Waals surface area (Å²) in [7, 11) is 4.00. The van der Waals surface area contributed by atoms with Crippen LogP contribution < -0.4 is 5.32 Å². The molecule has 2 aromatic rings. The Morgan fingerprint density at radius 2 is 1.64 bits per heavy atom. The Kier molecular flexibility index (Phi) is 6.48. The highest BCUT2D eigenvalue weighted by Gasteiger charge is 2.19. The summed E-state index contributed by atoms with van der Waals surface area (Å²) in [6.07, 6.45) is 0.867. The molecule has 0 spiro atoms. The van der Waals surface area contributed by atoms with Crippen LogP contribution in [-0.4, -0.2) is 43.8 Å². The van der Waals surface area contributed by atoms with Crippen LogP contribution in [0.1, 0.15) is 43.8 Å². The topological polar surface area (TPSA) is 49.4 Å². The highest BCUT2D eigenvalue weighted by atomic mass is 16.2. The first-order chi connectivity index (χ1) is 11.9. The molecule has 2 aromatic carbocycles. The summed E-state index contributed by atoms with van der Waals surface area (Å²) in [5.74, 6) is -0.312. The third-order valence-electron chi connectivity index (χ3n) is 4.12. The molecular formula is C21H26N2O2. The summed E-state index contributed by atoms with van der Waals surface area (Å²) in [6.45, 7) is 5.36.